The molecular formula is C12H20N2O2S. The van der Waals surface area contributed by atoms with E-state index in [1.54, 1.807) is 24.3 Å². The summed E-state index contributed by atoms with van der Waals surface area (Å²) in [5, 5.41) is 0. The minimum Gasteiger partial charge on any atom is -0.399 e. The Morgan fingerprint density at radius 1 is 1.18 bits per heavy atom. The first-order chi connectivity index (χ1) is 7.96. The van der Waals surface area contributed by atoms with Gasteiger partial charge in [-0.3, -0.25) is 0 Å². The van der Waals surface area contributed by atoms with E-state index in [1.165, 1.54) is 0 Å². The van der Waals surface area contributed by atoms with Crippen LogP contribution in [0.25, 0.3) is 0 Å². The number of anilines is 1. The van der Waals surface area contributed by atoms with Crippen LogP contribution in [0.5, 0.6) is 0 Å². The lowest BCUT2D eigenvalue weighted by atomic mass is 10.2. The van der Waals surface area contributed by atoms with Gasteiger partial charge in [-0.15, -0.1) is 0 Å². The second-order valence-corrected chi connectivity index (χ2v) is 5.89. The Hall–Kier alpha value is -1.07. The molecule has 17 heavy (non-hydrogen) atoms. The summed E-state index contributed by atoms with van der Waals surface area (Å²) in [5.74, 6) is 0.00375. The van der Waals surface area contributed by atoms with Gasteiger partial charge in [0.2, 0.25) is 10.0 Å². The number of rotatable bonds is 6. The van der Waals surface area contributed by atoms with Gasteiger partial charge in [-0.1, -0.05) is 26.0 Å². The number of nitrogens with one attached hydrogen (secondary N) is 1. The normalized spacial score (nSPS) is 11.9. The Bertz CT molecular complexity index is 436. The Kier molecular flexibility index (Phi) is 4.96. The first kappa shape index (κ1) is 14.0. The molecule has 0 saturated heterocycles. The quantitative estimate of drug-likeness (QED) is 0.763. The monoisotopic (exact) mass is 256 g/mol. The molecule has 5 heteroatoms. The number of hydrogen-bond acceptors (Lipinski definition) is 3. The maximum absolute atomic E-state index is 11.9. The fourth-order valence-electron chi connectivity index (χ4n) is 1.58. The molecular weight excluding hydrogens is 236 g/mol. The molecule has 0 radical (unpaired) electrons. The molecule has 0 heterocycles. The second-order valence-electron chi connectivity index (χ2n) is 4.13. The summed E-state index contributed by atoms with van der Waals surface area (Å²) in [6, 6.07) is 6.92. The van der Waals surface area contributed by atoms with E-state index in [4.69, 9.17) is 5.73 Å². The van der Waals surface area contributed by atoms with E-state index in [1.807, 2.05) is 13.8 Å². The van der Waals surface area contributed by atoms with Crippen molar-refractivity contribution in [1.29, 1.82) is 0 Å². The minimum absolute atomic E-state index is 0.00375. The molecule has 0 saturated carbocycles. The van der Waals surface area contributed by atoms with Gasteiger partial charge in [-0.05, 0) is 30.5 Å². The third-order valence-electron chi connectivity index (χ3n) is 2.67. The third kappa shape index (κ3) is 4.75. The van der Waals surface area contributed by atoms with E-state index in [2.05, 4.69) is 4.72 Å². The van der Waals surface area contributed by atoms with Crippen molar-refractivity contribution in [2.24, 2.45) is 0 Å². The molecule has 0 aliphatic carbocycles. The van der Waals surface area contributed by atoms with Crippen LogP contribution in [-0.4, -0.2) is 14.5 Å². The molecule has 0 bridgehead atoms. The zero-order valence-electron chi connectivity index (χ0n) is 10.3. The van der Waals surface area contributed by atoms with Gasteiger partial charge in [0.1, 0.15) is 0 Å². The van der Waals surface area contributed by atoms with E-state index >= 15 is 0 Å². The molecule has 0 spiro atoms. The van der Waals surface area contributed by atoms with E-state index in [0.717, 1.165) is 18.4 Å². The van der Waals surface area contributed by atoms with Gasteiger partial charge in [0.25, 0.3) is 0 Å². The highest BCUT2D eigenvalue weighted by atomic mass is 32.2. The van der Waals surface area contributed by atoms with E-state index in [9.17, 15) is 8.42 Å². The number of nitrogens with two attached hydrogens (primary N) is 1. The van der Waals surface area contributed by atoms with Crippen LogP contribution < -0.4 is 10.5 Å². The van der Waals surface area contributed by atoms with Crippen molar-refractivity contribution in [2.75, 3.05) is 5.73 Å². The van der Waals surface area contributed by atoms with Gasteiger partial charge in [0.05, 0.1) is 5.75 Å². The summed E-state index contributed by atoms with van der Waals surface area (Å²) >= 11 is 0. The fraction of sp³-hybridized carbons (Fsp3) is 0.500. The molecule has 96 valence electrons. The van der Waals surface area contributed by atoms with Crippen molar-refractivity contribution in [2.45, 2.75) is 38.5 Å². The molecule has 1 rings (SSSR count). The lowest BCUT2D eigenvalue weighted by molar-refractivity contribution is 0.529. The van der Waals surface area contributed by atoms with Gasteiger partial charge in [0, 0.05) is 11.7 Å². The first-order valence-electron chi connectivity index (χ1n) is 5.81. The molecule has 0 aliphatic heterocycles. The number of nitrogen functional groups attached to an aromatic ring is 1. The van der Waals surface area contributed by atoms with Crippen molar-refractivity contribution in [3.8, 4) is 0 Å². The molecule has 0 fully saturated rings. The zero-order chi connectivity index (χ0) is 12.9. The predicted molar refractivity (Wildman–Crippen MR) is 71.0 cm³/mol. The molecule has 4 nitrogen and oxygen atoms in total. The number of hydrogen-bond donors (Lipinski definition) is 2. The topological polar surface area (TPSA) is 72.2 Å². The average molecular weight is 256 g/mol. The number of sulfonamides is 1. The van der Waals surface area contributed by atoms with Gasteiger partial charge in [-0.2, -0.15) is 0 Å². The predicted octanol–water partition coefficient (Wildman–Crippen LogP) is 1.88. The van der Waals surface area contributed by atoms with Crippen molar-refractivity contribution >= 4 is 15.7 Å². The van der Waals surface area contributed by atoms with Crippen molar-refractivity contribution in [1.82, 2.24) is 4.72 Å². The van der Waals surface area contributed by atoms with Crippen molar-refractivity contribution < 1.29 is 8.42 Å². The van der Waals surface area contributed by atoms with E-state index < -0.39 is 10.0 Å². The highest BCUT2D eigenvalue weighted by Gasteiger charge is 2.15. The van der Waals surface area contributed by atoms with Crippen LogP contribution in [0.2, 0.25) is 0 Å². The van der Waals surface area contributed by atoms with Crippen LogP contribution in [-0.2, 0) is 15.8 Å². The Morgan fingerprint density at radius 2 is 1.71 bits per heavy atom. The van der Waals surface area contributed by atoms with E-state index in [0.29, 0.717) is 5.69 Å². The van der Waals surface area contributed by atoms with Crippen molar-refractivity contribution in [3.05, 3.63) is 29.8 Å². The molecule has 1 aromatic carbocycles. The molecule has 0 unspecified atom stereocenters. The molecule has 0 amide bonds. The first-order valence-corrected chi connectivity index (χ1v) is 7.46. The summed E-state index contributed by atoms with van der Waals surface area (Å²) in [4.78, 5) is 0. The van der Waals surface area contributed by atoms with E-state index in [-0.39, 0.29) is 11.8 Å². The molecule has 0 aromatic heterocycles. The average Bonchev–Trinajstić information content (AvgIpc) is 2.29. The third-order valence-corrected chi connectivity index (χ3v) is 4.07. The van der Waals surface area contributed by atoms with Crippen LogP contribution in [0.4, 0.5) is 5.69 Å². The highest BCUT2D eigenvalue weighted by molar-refractivity contribution is 7.88. The van der Waals surface area contributed by atoms with Crippen LogP contribution in [0.3, 0.4) is 0 Å². The Labute approximate surface area is 103 Å². The number of benzene rings is 1. The van der Waals surface area contributed by atoms with Crippen molar-refractivity contribution in [3.63, 3.8) is 0 Å². The second kappa shape index (κ2) is 6.02. The maximum atomic E-state index is 11.9. The van der Waals surface area contributed by atoms with Gasteiger partial charge >= 0.3 is 0 Å². The zero-order valence-corrected chi connectivity index (χ0v) is 11.1. The minimum atomic E-state index is -3.26. The van der Waals surface area contributed by atoms with Gasteiger partial charge < -0.3 is 5.73 Å². The summed E-state index contributed by atoms with van der Waals surface area (Å²) < 4.78 is 26.4. The summed E-state index contributed by atoms with van der Waals surface area (Å²) in [6.45, 7) is 3.94. The summed E-state index contributed by atoms with van der Waals surface area (Å²) in [5.41, 5.74) is 6.94. The fourth-order valence-corrected chi connectivity index (χ4v) is 3.14. The van der Waals surface area contributed by atoms with Crippen LogP contribution in [0.15, 0.2) is 24.3 Å². The molecule has 3 N–H and O–H groups in total. The van der Waals surface area contributed by atoms with Crippen LogP contribution >= 0.6 is 0 Å². The van der Waals surface area contributed by atoms with Gasteiger partial charge in [-0.25, -0.2) is 13.1 Å². The summed E-state index contributed by atoms with van der Waals surface area (Å²) in [7, 11) is -3.26. The lowest BCUT2D eigenvalue weighted by Crippen LogP contribution is -2.34. The largest absolute Gasteiger partial charge is 0.399 e. The molecule has 1 aromatic rings. The Balaban J connectivity index is 2.69. The summed E-state index contributed by atoms with van der Waals surface area (Å²) in [6.07, 6.45) is 1.61. The highest BCUT2D eigenvalue weighted by Crippen LogP contribution is 2.10. The van der Waals surface area contributed by atoms with Crippen LogP contribution in [0.1, 0.15) is 32.3 Å². The SMILES string of the molecule is CCC(CC)NS(=O)(=O)Cc1ccc(N)cc1. The molecule has 0 aliphatic rings. The lowest BCUT2D eigenvalue weighted by Gasteiger charge is -2.14. The maximum Gasteiger partial charge on any atom is 0.216 e. The van der Waals surface area contributed by atoms with Gasteiger partial charge in [0.15, 0.2) is 0 Å². The van der Waals surface area contributed by atoms with Crippen LogP contribution in [0, 0.1) is 0 Å². The molecule has 0 atom stereocenters. The smallest absolute Gasteiger partial charge is 0.216 e. The standard InChI is InChI=1S/C12H20N2O2S/c1-3-12(4-2)14-17(15,16)9-10-5-7-11(13)8-6-10/h5-8,12,14H,3-4,9,13H2,1-2H3. The Morgan fingerprint density at radius 3 is 2.18 bits per heavy atom.